The largest absolute Gasteiger partial charge is 0.369 e. The molecule has 3 rings (SSSR count). The molecule has 0 aliphatic carbocycles. The molecule has 0 radical (unpaired) electrons. The van der Waals surface area contributed by atoms with Crippen LogP contribution in [0.2, 0.25) is 0 Å². The summed E-state index contributed by atoms with van der Waals surface area (Å²) in [6.07, 6.45) is 16.8. The lowest BCUT2D eigenvalue weighted by Gasteiger charge is -2.20. The Kier molecular flexibility index (Phi) is 7.05. The summed E-state index contributed by atoms with van der Waals surface area (Å²) in [5.41, 5.74) is 4.75. The summed E-state index contributed by atoms with van der Waals surface area (Å²) in [5.74, 6) is -0.281. The molecule has 4 N–H and O–H groups in total. The molecule has 0 bridgehead atoms. The van der Waals surface area contributed by atoms with E-state index in [4.69, 9.17) is 0 Å². The molecule has 1 unspecified atom stereocenters. The van der Waals surface area contributed by atoms with Crippen molar-refractivity contribution in [2.75, 3.05) is 6.54 Å². The van der Waals surface area contributed by atoms with E-state index in [0.717, 1.165) is 24.8 Å². The summed E-state index contributed by atoms with van der Waals surface area (Å²) in [5, 5.41) is 13.0. The number of halogens is 1. The highest BCUT2D eigenvalue weighted by Crippen LogP contribution is 2.26. The van der Waals surface area contributed by atoms with Gasteiger partial charge in [0.2, 0.25) is 5.95 Å². The van der Waals surface area contributed by atoms with Gasteiger partial charge in [0.05, 0.1) is 0 Å². The molecule has 0 aromatic heterocycles. The van der Waals surface area contributed by atoms with Crippen molar-refractivity contribution >= 4 is 12.1 Å². The zero-order valence-electron chi connectivity index (χ0n) is 17.0. The first-order valence-electron chi connectivity index (χ1n) is 9.97. The summed E-state index contributed by atoms with van der Waals surface area (Å²) in [6, 6.07) is 0. The van der Waals surface area contributed by atoms with Crippen LogP contribution in [0.1, 0.15) is 33.1 Å². The molecule has 2 atom stereocenters. The molecular weight excluding hydrogens is 367 g/mol. The second-order valence-corrected chi connectivity index (χ2v) is 7.18. The molecule has 6 nitrogen and oxygen atoms in total. The van der Waals surface area contributed by atoms with Crippen LogP contribution in [0.15, 0.2) is 81.6 Å². The van der Waals surface area contributed by atoms with Crippen molar-refractivity contribution in [2.24, 2.45) is 9.98 Å². The molecule has 0 saturated heterocycles. The Bertz CT molecular complexity index is 843. The highest BCUT2D eigenvalue weighted by atomic mass is 19.1. The molecule has 0 aromatic rings. The summed E-state index contributed by atoms with van der Waals surface area (Å²) in [4.78, 5) is 8.25. The van der Waals surface area contributed by atoms with Gasteiger partial charge in [0.15, 0.2) is 0 Å². The van der Waals surface area contributed by atoms with Crippen molar-refractivity contribution in [1.29, 1.82) is 0 Å². The van der Waals surface area contributed by atoms with Gasteiger partial charge in [-0.1, -0.05) is 19.1 Å². The molecule has 3 aliphatic rings. The fraction of sp³-hybridized carbons (Fsp3) is 0.364. The quantitative estimate of drug-likeness (QED) is 0.289. The summed E-state index contributed by atoms with van der Waals surface area (Å²) in [6.45, 7) is 7.89. The first-order valence-corrected chi connectivity index (χ1v) is 9.97. The number of nitrogens with one attached hydrogen (secondary N) is 4. The van der Waals surface area contributed by atoms with E-state index in [1.54, 1.807) is 6.08 Å². The van der Waals surface area contributed by atoms with Crippen LogP contribution in [0.5, 0.6) is 0 Å². The Morgan fingerprint density at radius 3 is 2.86 bits per heavy atom. The van der Waals surface area contributed by atoms with Crippen molar-refractivity contribution in [3.05, 3.63) is 71.7 Å². The van der Waals surface area contributed by atoms with Gasteiger partial charge in [-0.05, 0) is 55.6 Å². The lowest BCUT2D eigenvalue weighted by atomic mass is 9.98. The average molecular weight is 397 g/mol. The van der Waals surface area contributed by atoms with Crippen molar-refractivity contribution < 1.29 is 4.39 Å². The Morgan fingerprint density at radius 2 is 2.14 bits per heavy atom. The van der Waals surface area contributed by atoms with E-state index in [2.05, 4.69) is 64.0 Å². The first kappa shape index (κ1) is 20.6. The molecular formula is C22H29FN6. The van der Waals surface area contributed by atoms with Gasteiger partial charge in [-0.3, -0.25) is 4.99 Å². The van der Waals surface area contributed by atoms with Gasteiger partial charge < -0.3 is 21.3 Å². The fourth-order valence-corrected chi connectivity index (χ4v) is 3.26. The summed E-state index contributed by atoms with van der Waals surface area (Å²) < 4.78 is 13.2. The van der Waals surface area contributed by atoms with E-state index in [0.29, 0.717) is 12.4 Å². The molecule has 0 saturated carbocycles. The van der Waals surface area contributed by atoms with E-state index >= 15 is 0 Å². The van der Waals surface area contributed by atoms with Gasteiger partial charge in [-0.2, -0.15) is 4.39 Å². The number of dihydropyridines is 1. The van der Waals surface area contributed by atoms with Gasteiger partial charge in [0, 0.05) is 36.9 Å². The SMILES string of the molecule is C=C(F)/N=C(\C=C/CCC1=CNC2NC=C(C)C=C12)NCC1=CN[C@@H](CC)N=C1. The number of rotatable bonds is 8. The van der Waals surface area contributed by atoms with Crippen molar-refractivity contribution in [2.45, 2.75) is 45.4 Å². The smallest absolute Gasteiger partial charge is 0.207 e. The minimum Gasteiger partial charge on any atom is -0.369 e. The van der Waals surface area contributed by atoms with Crippen molar-refractivity contribution in [3.8, 4) is 0 Å². The monoisotopic (exact) mass is 396 g/mol. The average Bonchev–Trinajstić information content (AvgIpc) is 3.11. The summed E-state index contributed by atoms with van der Waals surface area (Å²) in [7, 11) is 0. The maximum absolute atomic E-state index is 13.2. The van der Waals surface area contributed by atoms with Crippen LogP contribution in [0.4, 0.5) is 4.39 Å². The third-order valence-corrected chi connectivity index (χ3v) is 4.81. The molecule has 29 heavy (non-hydrogen) atoms. The predicted octanol–water partition coefficient (Wildman–Crippen LogP) is 3.29. The van der Waals surface area contributed by atoms with E-state index < -0.39 is 5.95 Å². The second-order valence-electron chi connectivity index (χ2n) is 7.18. The topological polar surface area (TPSA) is 72.8 Å². The second kappa shape index (κ2) is 9.91. The van der Waals surface area contributed by atoms with Gasteiger partial charge in [0.25, 0.3) is 0 Å². The normalized spacial score (nSPS) is 23.2. The molecule has 0 fully saturated rings. The third-order valence-electron chi connectivity index (χ3n) is 4.81. The molecule has 3 heterocycles. The van der Waals surface area contributed by atoms with Gasteiger partial charge in [-0.15, -0.1) is 0 Å². The van der Waals surface area contributed by atoms with Gasteiger partial charge in [0.1, 0.15) is 18.2 Å². The maximum atomic E-state index is 13.2. The zero-order chi connectivity index (χ0) is 20.6. The third kappa shape index (κ3) is 5.94. The minimum atomic E-state index is -0.723. The molecule has 0 spiro atoms. The van der Waals surface area contributed by atoms with Crippen LogP contribution in [0.25, 0.3) is 0 Å². The van der Waals surface area contributed by atoms with Crippen LogP contribution < -0.4 is 21.3 Å². The van der Waals surface area contributed by atoms with Crippen LogP contribution >= 0.6 is 0 Å². The molecule has 3 aliphatic heterocycles. The number of hydrogen-bond acceptors (Lipinski definition) is 5. The van der Waals surface area contributed by atoms with Crippen LogP contribution in [0.3, 0.4) is 0 Å². The van der Waals surface area contributed by atoms with Crippen molar-refractivity contribution in [1.82, 2.24) is 21.3 Å². The number of hydrogen-bond donors (Lipinski definition) is 4. The van der Waals surface area contributed by atoms with E-state index in [-0.39, 0.29) is 12.3 Å². The number of fused-ring (bicyclic) bond motifs is 1. The minimum absolute atomic E-state index is 0.130. The number of aliphatic imine (C=N–C) groups is 2. The lowest BCUT2D eigenvalue weighted by Crippen LogP contribution is -2.36. The van der Waals surface area contributed by atoms with Crippen LogP contribution in [-0.4, -0.2) is 30.9 Å². The number of allylic oxidation sites excluding steroid dienone is 3. The highest BCUT2D eigenvalue weighted by Gasteiger charge is 2.23. The Morgan fingerprint density at radius 1 is 1.31 bits per heavy atom. The van der Waals surface area contributed by atoms with Gasteiger partial charge in [-0.25, -0.2) is 4.99 Å². The van der Waals surface area contributed by atoms with Crippen LogP contribution in [-0.2, 0) is 0 Å². The highest BCUT2D eigenvalue weighted by molar-refractivity contribution is 5.94. The fourth-order valence-electron chi connectivity index (χ4n) is 3.26. The van der Waals surface area contributed by atoms with Crippen LogP contribution in [0, 0.1) is 0 Å². The first-order chi connectivity index (χ1) is 14.0. The Labute approximate surface area is 171 Å². The number of amidine groups is 1. The van der Waals surface area contributed by atoms with Gasteiger partial charge >= 0.3 is 0 Å². The maximum Gasteiger partial charge on any atom is 0.207 e. The molecule has 154 valence electrons. The predicted molar refractivity (Wildman–Crippen MR) is 118 cm³/mol. The van der Waals surface area contributed by atoms with E-state index in [1.165, 1.54) is 16.7 Å². The molecule has 0 amide bonds. The summed E-state index contributed by atoms with van der Waals surface area (Å²) >= 11 is 0. The molecule has 7 heteroatoms. The van der Waals surface area contributed by atoms with E-state index in [1.807, 2.05) is 24.7 Å². The standard InChI is InChI=1S/C22H29FN6/c1-4-20-24-11-17(12-25-20)13-26-21(29-16(3)23)8-6-5-7-18-14-28-22-19(18)9-15(2)10-27-22/h6,8-12,14,20,22,24,27-28H,3-5,7,13H2,1-2H3,(H,26,29)/b8-6-/t20-,22?/m1/s1. The molecule has 0 aromatic carbocycles. The lowest BCUT2D eigenvalue weighted by molar-refractivity contribution is 0.587. The number of nitrogens with zero attached hydrogens (tertiary/aromatic N) is 2. The van der Waals surface area contributed by atoms with Crippen molar-refractivity contribution in [3.63, 3.8) is 0 Å². The van der Waals surface area contributed by atoms with E-state index in [9.17, 15) is 4.39 Å². The Hall–Kier alpha value is -3.09. The Balaban J connectivity index is 1.51. The zero-order valence-corrected chi connectivity index (χ0v) is 17.0.